The SMILES string of the molecule is COC1(C)CCCN(c2ccc(C(C)O)c(Cl)c2)C1. The Morgan fingerprint density at radius 2 is 2.21 bits per heavy atom. The summed E-state index contributed by atoms with van der Waals surface area (Å²) in [6.45, 7) is 5.76. The molecule has 0 aliphatic carbocycles. The summed E-state index contributed by atoms with van der Waals surface area (Å²) in [5.41, 5.74) is 1.78. The Bertz CT molecular complexity index is 450. The Morgan fingerprint density at radius 1 is 1.47 bits per heavy atom. The average molecular weight is 284 g/mol. The molecule has 1 N–H and O–H groups in total. The van der Waals surface area contributed by atoms with E-state index in [4.69, 9.17) is 16.3 Å². The molecule has 1 heterocycles. The maximum Gasteiger partial charge on any atom is 0.0825 e. The zero-order valence-corrected chi connectivity index (χ0v) is 12.6. The van der Waals surface area contributed by atoms with Crippen LogP contribution in [-0.2, 0) is 4.74 Å². The number of hydrogen-bond donors (Lipinski definition) is 1. The summed E-state index contributed by atoms with van der Waals surface area (Å²) >= 11 is 6.23. The van der Waals surface area contributed by atoms with E-state index < -0.39 is 6.10 Å². The Morgan fingerprint density at radius 3 is 2.79 bits per heavy atom. The fourth-order valence-electron chi connectivity index (χ4n) is 2.64. The van der Waals surface area contributed by atoms with E-state index in [0.717, 1.165) is 37.2 Å². The molecule has 2 rings (SSSR count). The summed E-state index contributed by atoms with van der Waals surface area (Å²) in [7, 11) is 1.77. The van der Waals surface area contributed by atoms with Crippen LogP contribution < -0.4 is 4.90 Å². The maximum atomic E-state index is 9.61. The zero-order valence-electron chi connectivity index (χ0n) is 11.8. The molecule has 19 heavy (non-hydrogen) atoms. The number of rotatable bonds is 3. The number of aliphatic hydroxyl groups excluding tert-OH is 1. The van der Waals surface area contributed by atoms with Crippen molar-refractivity contribution in [3.63, 3.8) is 0 Å². The largest absolute Gasteiger partial charge is 0.389 e. The van der Waals surface area contributed by atoms with Gasteiger partial charge in [0.15, 0.2) is 0 Å². The van der Waals surface area contributed by atoms with Gasteiger partial charge in [0.05, 0.1) is 11.7 Å². The molecule has 0 amide bonds. The van der Waals surface area contributed by atoms with Gasteiger partial charge in [-0.15, -0.1) is 0 Å². The fraction of sp³-hybridized carbons (Fsp3) is 0.600. The van der Waals surface area contributed by atoms with Crippen molar-refractivity contribution >= 4 is 17.3 Å². The lowest BCUT2D eigenvalue weighted by atomic mass is 9.94. The molecular weight excluding hydrogens is 262 g/mol. The van der Waals surface area contributed by atoms with Crippen LogP contribution >= 0.6 is 11.6 Å². The molecule has 4 heteroatoms. The molecular formula is C15H22ClNO2. The molecule has 2 unspecified atom stereocenters. The van der Waals surface area contributed by atoms with Crippen LogP contribution in [-0.4, -0.2) is 30.9 Å². The van der Waals surface area contributed by atoms with Crippen LogP contribution in [0.25, 0.3) is 0 Å². The average Bonchev–Trinajstić information content (AvgIpc) is 2.38. The highest BCUT2D eigenvalue weighted by Crippen LogP contribution is 2.32. The number of benzene rings is 1. The lowest BCUT2D eigenvalue weighted by molar-refractivity contribution is -0.00465. The summed E-state index contributed by atoms with van der Waals surface area (Å²) < 4.78 is 5.61. The van der Waals surface area contributed by atoms with Gasteiger partial charge in [-0.2, -0.15) is 0 Å². The summed E-state index contributed by atoms with van der Waals surface area (Å²) in [6, 6.07) is 5.86. The second-order valence-corrected chi connectivity index (χ2v) is 5.97. The molecule has 1 fully saturated rings. The molecule has 0 saturated carbocycles. The number of aliphatic hydroxyl groups is 1. The molecule has 1 aliphatic heterocycles. The fourth-order valence-corrected chi connectivity index (χ4v) is 2.98. The molecule has 0 bridgehead atoms. The second kappa shape index (κ2) is 5.70. The van der Waals surface area contributed by atoms with E-state index in [0.29, 0.717) is 5.02 Å². The minimum Gasteiger partial charge on any atom is -0.389 e. The minimum atomic E-state index is -0.535. The first-order valence-corrected chi connectivity index (χ1v) is 7.10. The monoisotopic (exact) mass is 283 g/mol. The summed E-state index contributed by atoms with van der Waals surface area (Å²) in [4.78, 5) is 2.30. The lowest BCUT2D eigenvalue weighted by Crippen LogP contribution is -2.47. The number of ether oxygens (including phenoxy) is 1. The topological polar surface area (TPSA) is 32.7 Å². The number of hydrogen-bond acceptors (Lipinski definition) is 3. The number of anilines is 1. The first-order valence-electron chi connectivity index (χ1n) is 6.73. The van der Waals surface area contributed by atoms with Crippen molar-refractivity contribution < 1.29 is 9.84 Å². The van der Waals surface area contributed by atoms with Crippen molar-refractivity contribution in [3.05, 3.63) is 28.8 Å². The molecule has 1 aliphatic rings. The normalized spacial score (nSPS) is 25.4. The van der Waals surface area contributed by atoms with Crippen LogP contribution in [0.2, 0.25) is 5.02 Å². The van der Waals surface area contributed by atoms with Crippen LogP contribution in [0.1, 0.15) is 38.4 Å². The van der Waals surface area contributed by atoms with E-state index in [-0.39, 0.29) is 5.60 Å². The Labute approximate surface area is 120 Å². The van der Waals surface area contributed by atoms with Gasteiger partial charge < -0.3 is 14.7 Å². The minimum absolute atomic E-state index is 0.0896. The predicted molar refractivity (Wildman–Crippen MR) is 78.9 cm³/mol. The smallest absolute Gasteiger partial charge is 0.0825 e. The molecule has 3 nitrogen and oxygen atoms in total. The molecule has 1 saturated heterocycles. The number of piperidine rings is 1. The van der Waals surface area contributed by atoms with Crippen LogP contribution in [0.4, 0.5) is 5.69 Å². The van der Waals surface area contributed by atoms with E-state index in [1.54, 1.807) is 14.0 Å². The van der Waals surface area contributed by atoms with Crippen molar-refractivity contribution in [2.24, 2.45) is 0 Å². The van der Waals surface area contributed by atoms with E-state index >= 15 is 0 Å². The van der Waals surface area contributed by atoms with Gasteiger partial charge in [-0.05, 0) is 44.4 Å². The highest BCUT2D eigenvalue weighted by Gasteiger charge is 2.31. The van der Waals surface area contributed by atoms with Crippen molar-refractivity contribution in [1.29, 1.82) is 0 Å². The standard InChI is InChI=1S/C15H22ClNO2/c1-11(18)13-6-5-12(9-14(13)16)17-8-4-7-15(2,10-17)19-3/h5-6,9,11,18H,4,7-8,10H2,1-3H3. The highest BCUT2D eigenvalue weighted by molar-refractivity contribution is 6.31. The molecule has 2 atom stereocenters. The molecule has 0 aromatic heterocycles. The van der Waals surface area contributed by atoms with Crippen LogP contribution in [0, 0.1) is 0 Å². The van der Waals surface area contributed by atoms with Crippen molar-refractivity contribution in [2.75, 3.05) is 25.1 Å². The Hall–Kier alpha value is -0.770. The molecule has 0 radical (unpaired) electrons. The van der Waals surface area contributed by atoms with E-state index in [1.807, 2.05) is 18.2 Å². The third-order valence-electron chi connectivity index (χ3n) is 3.95. The van der Waals surface area contributed by atoms with Crippen LogP contribution in [0.15, 0.2) is 18.2 Å². The van der Waals surface area contributed by atoms with Gasteiger partial charge in [-0.25, -0.2) is 0 Å². The van der Waals surface area contributed by atoms with E-state index in [1.165, 1.54) is 0 Å². The predicted octanol–water partition coefficient (Wildman–Crippen LogP) is 3.40. The number of methoxy groups -OCH3 is 1. The number of halogens is 1. The van der Waals surface area contributed by atoms with Crippen LogP contribution in [0.5, 0.6) is 0 Å². The molecule has 0 spiro atoms. The summed E-state index contributed by atoms with van der Waals surface area (Å²) in [5.74, 6) is 0. The van der Waals surface area contributed by atoms with Gasteiger partial charge in [0, 0.05) is 30.9 Å². The van der Waals surface area contributed by atoms with E-state index in [2.05, 4.69) is 11.8 Å². The van der Waals surface area contributed by atoms with Gasteiger partial charge >= 0.3 is 0 Å². The zero-order chi connectivity index (χ0) is 14.0. The molecule has 1 aromatic rings. The van der Waals surface area contributed by atoms with Gasteiger partial charge in [0.2, 0.25) is 0 Å². The van der Waals surface area contributed by atoms with Gasteiger partial charge in [0.25, 0.3) is 0 Å². The first kappa shape index (κ1) is 14.6. The third-order valence-corrected chi connectivity index (χ3v) is 4.28. The molecule has 106 valence electrons. The molecule has 1 aromatic carbocycles. The summed E-state index contributed by atoms with van der Waals surface area (Å²) in [5, 5.41) is 10.2. The lowest BCUT2D eigenvalue weighted by Gasteiger charge is -2.40. The third kappa shape index (κ3) is 3.22. The number of nitrogens with zero attached hydrogens (tertiary/aromatic N) is 1. The first-order chi connectivity index (χ1) is 8.95. The second-order valence-electron chi connectivity index (χ2n) is 5.56. The van der Waals surface area contributed by atoms with Gasteiger partial charge in [-0.3, -0.25) is 0 Å². The maximum absolute atomic E-state index is 9.61. The summed E-state index contributed by atoms with van der Waals surface area (Å²) in [6.07, 6.45) is 1.66. The van der Waals surface area contributed by atoms with Gasteiger partial charge in [-0.1, -0.05) is 17.7 Å². The van der Waals surface area contributed by atoms with Gasteiger partial charge in [0.1, 0.15) is 0 Å². The Kier molecular flexibility index (Phi) is 4.39. The highest BCUT2D eigenvalue weighted by atomic mass is 35.5. The Balaban J connectivity index is 2.20. The van der Waals surface area contributed by atoms with Crippen molar-refractivity contribution in [1.82, 2.24) is 0 Å². The van der Waals surface area contributed by atoms with Crippen LogP contribution in [0.3, 0.4) is 0 Å². The van der Waals surface area contributed by atoms with Crippen molar-refractivity contribution in [2.45, 2.75) is 38.4 Å². The van der Waals surface area contributed by atoms with E-state index in [9.17, 15) is 5.11 Å². The van der Waals surface area contributed by atoms with Crippen molar-refractivity contribution in [3.8, 4) is 0 Å². The quantitative estimate of drug-likeness (QED) is 0.923.